The maximum Gasteiger partial charge on any atom is 0.229 e. The van der Waals surface area contributed by atoms with E-state index in [0.717, 1.165) is 35.1 Å². The normalized spacial score (nSPS) is 16.0. The summed E-state index contributed by atoms with van der Waals surface area (Å²) in [7, 11) is 1.56. The van der Waals surface area contributed by atoms with Crippen molar-refractivity contribution in [3.8, 4) is 5.75 Å². The van der Waals surface area contributed by atoms with Crippen molar-refractivity contribution in [3.05, 3.63) is 65.4 Å². The van der Waals surface area contributed by atoms with Crippen molar-refractivity contribution in [2.24, 2.45) is 5.92 Å². The second-order valence-corrected chi connectivity index (χ2v) is 9.19. The Hall–Kier alpha value is -2.77. The molecule has 0 bridgehead atoms. The summed E-state index contributed by atoms with van der Waals surface area (Å²) >= 11 is 7.78. The summed E-state index contributed by atoms with van der Waals surface area (Å²) in [6.45, 7) is 3.51. The van der Waals surface area contributed by atoms with Gasteiger partial charge in [0, 0.05) is 36.1 Å². The number of nitrogens with zero attached hydrogens (tertiary/aromatic N) is 3. The molecule has 1 aliphatic heterocycles. The number of nitrogens with one attached hydrogen (secondary N) is 1. The summed E-state index contributed by atoms with van der Waals surface area (Å²) in [5.41, 5.74) is 1.88. The number of halogens is 1. The van der Waals surface area contributed by atoms with Crippen LogP contribution in [0.2, 0.25) is 5.02 Å². The highest BCUT2D eigenvalue weighted by Crippen LogP contribution is 2.34. The SMILES string of the molecule is COc1ccc(NC(=O)[C@@H]2CCCN(c3nccnc3Sc3ccc(C)cc3)C2)cc1Cl. The van der Waals surface area contributed by atoms with Crippen molar-refractivity contribution in [1.29, 1.82) is 0 Å². The van der Waals surface area contributed by atoms with Gasteiger partial charge in [-0.05, 0) is 50.1 Å². The number of rotatable bonds is 6. The zero-order valence-corrected chi connectivity index (χ0v) is 19.6. The van der Waals surface area contributed by atoms with Crippen LogP contribution < -0.4 is 15.0 Å². The molecule has 8 heteroatoms. The van der Waals surface area contributed by atoms with Crippen LogP contribution in [0.4, 0.5) is 11.5 Å². The van der Waals surface area contributed by atoms with Gasteiger partial charge in [0.05, 0.1) is 18.1 Å². The van der Waals surface area contributed by atoms with E-state index in [2.05, 4.69) is 51.4 Å². The van der Waals surface area contributed by atoms with Crippen LogP contribution in [0.1, 0.15) is 18.4 Å². The molecule has 4 rings (SSSR count). The van der Waals surface area contributed by atoms with Crippen LogP contribution in [-0.4, -0.2) is 36.1 Å². The molecular weight excluding hydrogens is 444 g/mol. The van der Waals surface area contributed by atoms with Crippen LogP contribution in [0.3, 0.4) is 0 Å². The Balaban J connectivity index is 1.46. The standard InChI is InChI=1S/C24H25ClN4O2S/c1-16-5-8-19(9-6-16)32-24-22(26-11-12-27-24)29-13-3-4-17(15-29)23(30)28-18-7-10-21(31-2)20(25)14-18/h5-12,14,17H,3-4,13,15H2,1-2H3,(H,28,30)/t17-/m1/s1. The Bertz CT molecular complexity index is 1090. The number of hydrogen-bond donors (Lipinski definition) is 1. The fourth-order valence-electron chi connectivity index (χ4n) is 3.70. The van der Waals surface area contributed by atoms with Crippen LogP contribution in [0, 0.1) is 12.8 Å². The molecule has 1 aliphatic rings. The lowest BCUT2D eigenvalue weighted by Gasteiger charge is -2.33. The van der Waals surface area contributed by atoms with E-state index >= 15 is 0 Å². The minimum absolute atomic E-state index is 0.0208. The van der Waals surface area contributed by atoms with E-state index in [0.29, 0.717) is 23.0 Å². The van der Waals surface area contributed by atoms with Crippen LogP contribution >= 0.6 is 23.4 Å². The first-order valence-electron chi connectivity index (χ1n) is 10.5. The monoisotopic (exact) mass is 468 g/mol. The van der Waals surface area contributed by atoms with E-state index in [9.17, 15) is 4.79 Å². The third kappa shape index (κ3) is 5.34. The van der Waals surface area contributed by atoms with Crippen molar-refractivity contribution < 1.29 is 9.53 Å². The molecule has 3 aromatic rings. The average Bonchev–Trinajstić information content (AvgIpc) is 2.81. The molecule has 0 saturated carbocycles. The summed E-state index contributed by atoms with van der Waals surface area (Å²) in [6, 6.07) is 13.6. The van der Waals surface area contributed by atoms with Crippen molar-refractivity contribution in [3.63, 3.8) is 0 Å². The molecule has 32 heavy (non-hydrogen) atoms. The second-order valence-electron chi connectivity index (χ2n) is 7.72. The van der Waals surface area contributed by atoms with E-state index in [-0.39, 0.29) is 11.8 Å². The van der Waals surface area contributed by atoms with Gasteiger partial charge in [0.15, 0.2) is 5.82 Å². The Labute approximate surface area is 197 Å². The minimum Gasteiger partial charge on any atom is -0.495 e. The quantitative estimate of drug-likeness (QED) is 0.518. The number of amides is 1. The molecule has 0 radical (unpaired) electrons. The van der Waals surface area contributed by atoms with Crippen LogP contribution in [0.5, 0.6) is 5.75 Å². The lowest BCUT2D eigenvalue weighted by atomic mass is 9.97. The van der Waals surface area contributed by atoms with Gasteiger partial charge in [-0.1, -0.05) is 41.1 Å². The summed E-state index contributed by atoms with van der Waals surface area (Å²) in [5.74, 6) is 1.23. The van der Waals surface area contributed by atoms with E-state index in [4.69, 9.17) is 16.3 Å². The molecule has 1 aromatic heterocycles. The molecule has 166 valence electrons. The summed E-state index contributed by atoms with van der Waals surface area (Å²) in [6.07, 6.45) is 5.15. The first-order chi connectivity index (χ1) is 15.5. The number of benzene rings is 2. The van der Waals surface area contributed by atoms with Gasteiger partial charge in [-0.15, -0.1) is 0 Å². The third-order valence-corrected chi connectivity index (χ3v) is 6.68. The highest BCUT2D eigenvalue weighted by Gasteiger charge is 2.28. The van der Waals surface area contributed by atoms with Gasteiger partial charge in [0.25, 0.3) is 0 Å². The molecule has 1 N–H and O–H groups in total. The number of anilines is 2. The van der Waals surface area contributed by atoms with Crippen molar-refractivity contribution in [2.75, 3.05) is 30.4 Å². The number of aryl methyl sites for hydroxylation is 1. The Morgan fingerprint density at radius 3 is 2.72 bits per heavy atom. The van der Waals surface area contributed by atoms with Crippen molar-refractivity contribution >= 4 is 40.8 Å². The molecule has 0 unspecified atom stereocenters. The summed E-state index contributed by atoms with van der Waals surface area (Å²) < 4.78 is 5.18. The highest BCUT2D eigenvalue weighted by molar-refractivity contribution is 7.99. The predicted molar refractivity (Wildman–Crippen MR) is 129 cm³/mol. The Morgan fingerprint density at radius 1 is 1.19 bits per heavy atom. The number of piperidine rings is 1. The summed E-state index contributed by atoms with van der Waals surface area (Å²) in [5, 5.41) is 4.30. The fraction of sp³-hybridized carbons (Fsp3) is 0.292. The van der Waals surface area contributed by atoms with Crippen LogP contribution in [0.25, 0.3) is 0 Å². The maximum absolute atomic E-state index is 13.0. The van der Waals surface area contributed by atoms with E-state index in [1.165, 1.54) is 5.56 Å². The van der Waals surface area contributed by atoms with Crippen LogP contribution in [-0.2, 0) is 4.79 Å². The van der Waals surface area contributed by atoms with Crippen molar-refractivity contribution in [2.45, 2.75) is 29.7 Å². The average molecular weight is 469 g/mol. The molecule has 0 aliphatic carbocycles. The number of aromatic nitrogens is 2. The van der Waals surface area contributed by atoms with Gasteiger partial charge < -0.3 is 15.0 Å². The van der Waals surface area contributed by atoms with Gasteiger partial charge in [-0.2, -0.15) is 0 Å². The molecule has 1 amide bonds. The zero-order chi connectivity index (χ0) is 22.5. The molecule has 0 spiro atoms. The molecular formula is C24H25ClN4O2S. The van der Waals surface area contributed by atoms with Gasteiger partial charge in [0.2, 0.25) is 5.91 Å². The first kappa shape index (κ1) is 22.4. The first-order valence-corrected chi connectivity index (χ1v) is 11.7. The Kier molecular flexibility index (Phi) is 7.17. The fourth-order valence-corrected chi connectivity index (χ4v) is 4.84. The van der Waals surface area contributed by atoms with Gasteiger partial charge in [-0.3, -0.25) is 4.79 Å². The summed E-state index contributed by atoms with van der Waals surface area (Å²) in [4.78, 5) is 25.4. The second kappa shape index (κ2) is 10.2. The maximum atomic E-state index is 13.0. The number of methoxy groups -OCH3 is 1. The molecule has 2 aromatic carbocycles. The Morgan fingerprint density at radius 2 is 1.97 bits per heavy atom. The topological polar surface area (TPSA) is 67.3 Å². The van der Waals surface area contributed by atoms with Crippen LogP contribution in [0.15, 0.2) is 64.8 Å². The van der Waals surface area contributed by atoms with Gasteiger partial charge in [0.1, 0.15) is 10.8 Å². The third-order valence-electron chi connectivity index (χ3n) is 5.39. The van der Waals surface area contributed by atoms with Gasteiger partial charge >= 0.3 is 0 Å². The lowest BCUT2D eigenvalue weighted by Crippen LogP contribution is -2.41. The zero-order valence-electron chi connectivity index (χ0n) is 18.0. The molecule has 6 nitrogen and oxygen atoms in total. The predicted octanol–water partition coefficient (Wildman–Crippen LogP) is 5.45. The van der Waals surface area contributed by atoms with Gasteiger partial charge in [-0.25, -0.2) is 9.97 Å². The number of carbonyl (C=O) groups is 1. The molecule has 1 fully saturated rings. The number of hydrogen-bond acceptors (Lipinski definition) is 6. The smallest absolute Gasteiger partial charge is 0.229 e. The van der Waals surface area contributed by atoms with E-state index in [1.54, 1.807) is 49.5 Å². The van der Waals surface area contributed by atoms with E-state index < -0.39 is 0 Å². The minimum atomic E-state index is -0.149. The molecule has 1 atom stereocenters. The van der Waals surface area contributed by atoms with Crippen molar-refractivity contribution in [1.82, 2.24) is 9.97 Å². The number of ether oxygens (including phenoxy) is 1. The number of carbonyl (C=O) groups excluding carboxylic acids is 1. The molecule has 2 heterocycles. The lowest BCUT2D eigenvalue weighted by molar-refractivity contribution is -0.120. The highest BCUT2D eigenvalue weighted by atomic mass is 35.5. The van der Waals surface area contributed by atoms with E-state index in [1.807, 2.05) is 0 Å². The largest absolute Gasteiger partial charge is 0.495 e. The molecule has 1 saturated heterocycles.